The van der Waals surface area contributed by atoms with Crippen molar-refractivity contribution in [2.45, 2.75) is 32.7 Å². The van der Waals surface area contributed by atoms with Crippen molar-refractivity contribution in [2.24, 2.45) is 0 Å². The van der Waals surface area contributed by atoms with Gasteiger partial charge in [-0.05, 0) is 32.8 Å². The minimum atomic E-state index is -0.286. The largest absolute Gasteiger partial charge is 0.450 e. The molecule has 1 aliphatic heterocycles. The molecule has 8 nitrogen and oxygen atoms in total. The Bertz CT molecular complexity index is 749. The summed E-state index contributed by atoms with van der Waals surface area (Å²) >= 11 is 0. The second-order valence-corrected chi connectivity index (χ2v) is 5.82. The van der Waals surface area contributed by atoms with Crippen LogP contribution in [0.25, 0.3) is 5.65 Å². The number of fused-ring (bicyclic) bond motifs is 1. The minimum Gasteiger partial charge on any atom is -0.450 e. The lowest BCUT2D eigenvalue weighted by Crippen LogP contribution is -2.46. The van der Waals surface area contributed by atoms with Gasteiger partial charge in [-0.1, -0.05) is 0 Å². The molecule has 0 unspecified atom stereocenters. The molecular weight excluding hydrogens is 310 g/mol. The molecule has 2 amide bonds. The van der Waals surface area contributed by atoms with E-state index in [0.717, 1.165) is 5.69 Å². The number of nitrogens with one attached hydrogen (secondary N) is 1. The van der Waals surface area contributed by atoms with Crippen LogP contribution in [0.3, 0.4) is 0 Å². The number of carbonyl (C=O) groups excluding carboxylic acids is 2. The van der Waals surface area contributed by atoms with Gasteiger partial charge in [-0.25, -0.2) is 14.3 Å². The molecule has 0 radical (unpaired) electrons. The number of aromatic nitrogens is 3. The van der Waals surface area contributed by atoms with Crippen LogP contribution in [0.4, 0.5) is 4.79 Å². The third-order valence-electron chi connectivity index (χ3n) is 4.13. The van der Waals surface area contributed by atoms with Gasteiger partial charge < -0.3 is 15.0 Å². The number of ether oxygens (including phenoxy) is 1. The average Bonchev–Trinajstić information content (AvgIpc) is 3.05. The average molecular weight is 331 g/mol. The van der Waals surface area contributed by atoms with E-state index in [-0.39, 0.29) is 18.0 Å². The van der Waals surface area contributed by atoms with Gasteiger partial charge in [0.1, 0.15) is 5.69 Å². The summed E-state index contributed by atoms with van der Waals surface area (Å²) in [6.07, 6.45) is 2.78. The van der Waals surface area contributed by atoms with Gasteiger partial charge in [-0.2, -0.15) is 5.10 Å². The van der Waals surface area contributed by atoms with Crippen molar-refractivity contribution in [3.8, 4) is 0 Å². The third kappa shape index (κ3) is 3.32. The predicted octanol–water partition coefficient (Wildman–Crippen LogP) is 1.39. The summed E-state index contributed by atoms with van der Waals surface area (Å²) < 4.78 is 6.68. The van der Waals surface area contributed by atoms with Gasteiger partial charge in [0.15, 0.2) is 5.65 Å². The number of piperidine rings is 1. The van der Waals surface area contributed by atoms with Gasteiger partial charge in [-0.15, -0.1) is 0 Å². The molecule has 8 heteroatoms. The number of carbonyl (C=O) groups is 2. The number of amides is 2. The van der Waals surface area contributed by atoms with Crippen LogP contribution in [0.15, 0.2) is 18.3 Å². The van der Waals surface area contributed by atoms with E-state index in [2.05, 4.69) is 15.4 Å². The number of hydrogen-bond donors (Lipinski definition) is 1. The van der Waals surface area contributed by atoms with Crippen molar-refractivity contribution in [3.05, 3.63) is 29.7 Å². The van der Waals surface area contributed by atoms with Crippen LogP contribution in [-0.4, -0.2) is 57.2 Å². The SMILES string of the molecule is CCOC(=O)N1CCC(NC(=O)c2cc(C)n3nccc3n2)CC1. The maximum Gasteiger partial charge on any atom is 0.409 e. The van der Waals surface area contributed by atoms with Gasteiger partial charge in [0.25, 0.3) is 5.91 Å². The molecule has 0 aliphatic carbocycles. The van der Waals surface area contributed by atoms with E-state index < -0.39 is 0 Å². The molecule has 0 saturated carbocycles. The molecule has 0 bridgehead atoms. The summed E-state index contributed by atoms with van der Waals surface area (Å²) in [6.45, 7) is 5.21. The standard InChI is InChI=1S/C16H21N5O3/c1-3-24-16(23)20-8-5-12(6-9-20)18-15(22)13-10-11(2)21-14(19-13)4-7-17-21/h4,7,10,12H,3,5-6,8-9H2,1-2H3,(H,18,22). The van der Waals surface area contributed by atoms with Crippen LogP contribution >= 0.6 is 0 Å². The van der Waals surface area contributed by atoms with E-state index in [9.17, 15) is 9.59 Å². The molecule has 0 spiro atoms. The molecule has 128 valence electrons. The summed E-state index contributed by atoms with van der Waals surface area (Å²) in [7, 11) is 0. The molecule has 2 aromatic rings. The Morgan fingerprint density at radius 3 is 2.83 bits per heavy atom. The Hall–Kier alpha value is -2.64. The Balaban J connectivity index is 1.60. The first-order valence-electron chi connectivity index (χ1n) is 8.12. The molecule has 1 aliphatic rings. The number of rotatable bonds is 3. The summed E-state index contributed by atoms with van der Waals surface area (Å²) in [5.74, 6) is -0.198. The molecule has 0 aromatic carbocycles. The van der Waals surface area contributed by atoms with E-state index >= 15 is 0 Å². The fraction of sp³-hybridized carbons (Fsp3) is 0.500. The zero-order valence-electron chi connectivity index (χ0n) is 13.9. The minimum absolute atomic E-state index is 0.0337. The molecule has 1 fully saturated rings. The van der Waals surface area contributed by atoms with Crippen molar-refractivity contribution in [1.29, 1.82) is 0 Å². The lowest BCUT2D eigenvalue weighted by atomic mass is 10.1. The molecule has 1 saturated heterocycles. The lowest BCUT2D eigenvalue weighted by Gasteiger charge is -2.31. The fourth-order valence-electron chi connectivity index (χ4n) is 2.86. The number of likely N-dealkylation sites (tertiary alicyclic amines) is 1. The van der Waals surface area contributed by atoms with E-state index in [1.165, 1.54) is 0 Å². The smallest absolute Gasteiger partial charge is 0.409 e. The number of hydrogen-bond acceptors (Lipinski definition) is 5. The highest BCUT2D eigenvalue weighted by Gasteiger charge is 2.25. The lowest BCUT2D eigenvalue weighted by molar-refractivity contribution is 0.0856. The van der Waals surface area contributed by atoms with E-state index in [4.69, 9.17) is 4.74 Å². The van der Waals surface area contributed by atoms with E-state index in [0.29, 0.717) is 43.9 Å². The molecule has 3 rings (SSSR count). The van der Waals surface area contributed by atoms with Crippen LogP contribution in [-0.2, 0) is 4.74 Å². The summed E-state index contributed by atoms with van der Waals surface area (Å²) in [4.78, 5) is 30.1. The Morgan fingerprint density at radius 1 is 1.38 bits per heavy atom. The predicted molar refractivity (Wildman–Crippen MR) is 86.8 cm³/mol. The molecule has 24 heavy (non-hydrogen) atoms. The molecule has 1 N–H and O–H groups in total. The second-order valence-electron chi connectivity index (χ2n) is 5.82. The van der Waals surface area contributed by atoms with E-state index in [1.807, 2.05) is 6.92 Å². The highest BCUT2D eigenvalue weighted by Crippen LogP contribution is 2.13. The maximum absolute atomic E-state index is 12.4. The summed E-state index contributed by atoms with van der Waals surface area (Å²) in [6, 6.07) is 3.52. The molecule has 3 heterocycles. The number of nitrogens with zero attached hydrogens (tertiary/aromatic N) is 4. The van der Waals surface area contributed by atoms with Crippen LogP contribution in [0, 0.1) is 6.92 Å². The van der Waals surface area contributed by atoms with Crippen LogP contribution in [0.5, 0.6) is 0 Å². The van der Waals surface area contributed by atoms with Gasteiger partial charge >= 0.3 is 6.09 Å². The molecular formula is C16H21N5O3. The Morgan fingerprint density at radius 2 is 2.12 bits per heavy atom. The maximum atomic E-state index is 12.4. The van der Waals surface area contributed by atoms with Gasteiger partial charge in [-0.3, -0.25) is 4.79 Å². The van der Waals surface area contributed by atoms with Gasteiger partial charge in [0.2, 0.25) is 0 Å². The zero-order valence-corrected chi connectivity index (χ0v) is 13.9. The van der Waals surface area contributed by atoms with Crippen LogP contribution in [0.2, 0.25) is 0 Å². The topological polar surface area (TPSA) is 88.8 Å². The molecule has 2 aromatic heterocycles. The van der Waals surface area contributed by atoms with Crippen LogP contribution < -0.4 is 5.32 Å². The quantitative estimate of drug-likeness (QED) is 0.918. The van der Waals surface area contributed by atoms with Gasteiger partial charge in [0.05, 0.1) is 12.8 Å². The first kappa shape index (κ1) is 16.2. The second kappa shape index (κ2) is 6.86. The fourth-order valence-corrected chi connectivity index (χ4v) is 2.86. The zero-order chi connectivity index (χ0) is 17.1. The van der Waals surface area contributed by atoms with Crippen molar-refractivity contribution >= 4 is 17.6 Å². The van der Waals surface area contributed by atoms with Crippen molar-refractivity contribution < 1.29 is 14.3 Å². The van der Waals surface area contributed by atoms with Crippen molar-refractivity contribution in [1.82, 2.24) is 24.8 Å². The van der Waals surface area contributed by atoms with Crippen molar-refractivity contribution in [2.75, 3.05) is 19.7 Å². The third-order valence-corrected chi connectivity index (χ3v) is 4.13. The van der Waals surface area contributed by atoms with Crippen molar-refractivity contribution in [3.63, 3.8) is 0 Å². The van der Waals surface area contributed by atoms with Crippen LogP contribution in [0.1, 0.15) is 35.9 Å². The first-order chi connectivity index (χ1) is 11.6. The van der Waals surface area contributed by atoms with E-state index in [1.54, 1.807) is 34.7 Å². The van der Waals surface area contributed by atoms with Gasteiger partial charge in [0, 0.05) is 30.9 Å². The Labute approximate surface area is 139 Å². The highest BCUT2D eigenvalue weighted by molar-refractivity contribution is 5.93. The summed E-state index contributed by atoms with van der Waals surface area (Å²) in [5.41, 5.74) is 1.89. The molecule has 0 atom stereocenters. The normalized spacial score (nSPS) is 15.5. The number of aryl methyl sites for hydroxylation is 1. The Kier molecular flexibility index (Phi) is 4.64. The highest BCUT2D eigenvalue weighted by atomic mass is 16.6. The monoisotopic (exact) mass is 331 g/mol. The summed E-state index contributed by atoms with van der Waals surface area (Å²) in [5, 5.41) is 7.15. The first-order valence-corrected chi connectivity index (χ1v) is 8.12.